The molecular formula is C14H26N2O4S. The van der Waals surface area contributed by atoms with Crippen molar-refractivity contribution in [3.63, 3.8) is 0 Å². The van der Waals surface area contributed by atoms with Crippen molar-refractivity contribution in [2.24, 2.45) is 0 Å². The summed E-state index contributed by atoms with van der Waals surface area (Å²) in [5.41, 5.74) is 0. The summed E-state index contributed by atoms with van der Waals surface area (Å²) in [5, 5.41) is 9.25. The van der Waals surface area contributed by atoms with Crippen molar-refractivity contribution in [1.29, 1.82) is 0 Å². The molecule has 0 saturated carbocycles. The van der Waals surface area contributed by atoms with Crippen molar-refractivity contribution >= 4 is 16.0 Å². The van der Waals surface area contributed by atoms with E-state index in [1.165, 1.54) is 0 Å². The van der Waals surface area contributed by atoms with Crippen LogP contribution in [0.15, 0.2) is 0 Å². The zero-order valence-corrected chi connectivity index (χ0v) is 13.9. The molecule has 6 nitrogen and oxygen atoms in total. The Labute approximate surface area is 127 Å². The van der Waals surface area contributed by atoms with Gasteiger partial charge in [-0.05, 0) is 53.0 Å². The molecule has 2 saturated heterocycles. The Morgan fingerprint density at radius 1 is 1.10 bits per heavy atom. The maximum atomic E-state index is 12.4. The molecule has 2 fully saturated rings. The van der Waals surface area contributed by atoms with Gasteiger partial charge in [-0.1, -0.05) is 0 Å². The number of rotatable bonds is 3. The van der Waals surface area contributed by atoms with Crippen LogP contribution < -0.4 is 0 Å². The number of piperidine rings is 1. The highest BCUT2D eigenvalue weighted by atomic mass is 32.2. The third kappa shape index (κ3) is 3.24. The van der Waals surface area contributed by atoms with E-state index in [9.17, 15) is 18.3 Å². The molecule has 21 heavy (non-hydrogen) atoms. The van der Waals surface area contributed by atoms with Crippen molar-refractivity contribution in [2.45, 2.75) is 63.3 Å². The van der Waals surface area contributed by atoms with Gasteiger partial charge in [-0.15, -0.1) is 0 Å². The number of sulfonamides is 1. The lowest BCUT2D eigenvalue weighted by molar-refractivity contribution is -0.143. The van der Waals surface area contributed by atoms with Crippen LogP contribution in [0.25, 0.3) is 0 Å². The smallest absolute Gasteiger partial charge is 0.320 e. The highest BCUT2D eigenvalue weighted by Crippen LogP contribution is 2.29. The SMILES string of the molecule is CC(C)(C)S(=O)(=O)N1CCC(N2CCCC2C(=O)O)CC1. The third-order valence-corrected chi connectivity index (χ3v) is 7.18. The zero-order valence-electron chi connectivity index (χ0n) is 13.1. The van der Waals surface area contributed by atoms with Gasteiger partial charge in [0.05, 0.1) is 4.75 Å². The lowest BCUT2D eigenvalue weighted by Gasteiger charge is -2.39. The molecule has 0 amide bonds. The van der Waals surface area contributed by atoms with Crippen LogP contribution in [-0.4, -0.2) is 65.2 Å². The summed E-state index contributed by atoms with van der Waals surface area (Å²) < 4.78 is 25.6. The standard InChI is InChI=1S/C14H26N2O4S/c1-14(2,3)21(19,20)15-9-6-11(7-10-15)16-8-4-5-12(16)13(17)18/h11-12H,4-10H2,1-3H3,(H,17,18). The minimum atomic E-state index is -3.28. The monoisotopic (exact) mass is 318 g/mol. The molecule has 2 aliphatic rings. The van der Waals surface area contributed by atoms with Crippen LogP contribution in [0, 0.1) is 0 Å². The molecule has 0 aliphatic carbocycles. The van der Waals surface area contributed by atoms with E-state index in [0.717, 1.165) is 25.8 Å². The maximum absolute atomic E-state index is 12.4. The molecule has 1 unspecified atom stereocenters. The van der Waals surface area contributed by atoms with Crippen LogP contribution in [0.3, 0.4) is 0 Å². The molecule has 1 atom stereocenters. The largest absolute Gasteiger partial charge is 0.480 e. The predicted molar refractivity (Wildman–Crippen MR) is 80.6 cm³/mol. The predicted octanol–water partition coefficient (Wildman–Crippen LogP) is 1.13. The van der Waals surface area contributed by atoms with E-state index in [1.54, 1.807) is 25.1 Å². The molecule has 0 spiro atoms. The molecular weight excluding hydrogens is 292 g/mol. The summed E-state index contributed by atoms with van der Waals surface area (Å²) in [5.74, 6) is -0.753. The van der Waals surface area contributed by atoms with Crippen LogP contribution in [0.1, 0.15) is 46.5 Å². The van der Waals surface area contributed by atoms with Crippen molar-refractivity contribution < 1.29 is 18.3 Å². The quantitative estimate of drug-likeness (QED) is 0.844. The summed E-state index contributed by atoms with van der Waals surface area (Å²) >= 11 is 0. The Hall–Kier alpha value is -0.660. The molecule has 0 aromatic rings. The molecule has 0 aromatic carbocycles. The fourth-order valence-electron chi connectivity index (χ4n) is 3.29. The first kappa shape index (κ1) is 16.7. The van der Waals surface area contributed by atoms with Gasteiger partial charge >= 0.3 is 5.97 Å². The summed E-state index contributed by atoms with van der Waals surface area (Å²) in [6.45, 7) is 6.95. The first-order valence-corrected chi connectivity index (χ1v) is 9.07. The van der Waals surface area contributed by atoms with E-state index in [1.807, 2.05) is 0 Å². The van der Waals surface area contributed by atoms with Gasteiger partial charge in [0.1, 0.15) is 6.04 Å². The molecule has 2 aliphatic heterocycles. The first-order chi connectivity index (χ1) is 9.64. The molecule has 1 N–H and O–H groups in total. The third-order valence-electron chi connectivity index (χ3n) is 4.59. The van der Waals surface area contributed by atoms with E-state index < -0.39 is 20.7 Å². The molecule has 2 heterocycles. The van der Waals surface area contributed by atoms with E-state index >= 15 is 0 Å². The number of carbonyl (C=O) groups is 1. The van der Waals surface area contributed by atoms with E-state index in [2.05, 4.69) is 4.90 Å². The highest BCUT2D eigenvalue weighted by Gasteiger charge is 2.41. The van der Waals surface area contributed by atoms with Gasteiger partial charge in [0.2, 0.25) is 10.0 Å². The van der Waals surface area contributed by atoms with Gasteiger partial charge in [-0.3, -0.25) is 9.69 Å². The highest BCUT2D eigenvalue weighted by molar-refractivity contribution is 7.90. The summed E-state index contributed by atoms with van der Waals surface area (Å²) in [4.78, 5) is 13.3. The molecule has 0 radical (unpaired) electrons. The number of carboxylic acid groups (broad SMARTS) is 1. The van der Waals surface area contributed by atoms with Crippen LogP contribution in [0.5, 0.6) is 0 Å². The second-order valence-corrected chi connectivity index (χ2v) is 9.67. The van der Waals surface area contributed by atoms with Gasteiger partial charge in [0.15, 0.2) is 0 Å². The van der Waals surface area contributed by atoms with E-state index in [-0.39, 0.29) is 12.1 Å². The van der Waals surface area contributed by atoms with Gasteiger partial charge in [-0.25, -0.2) is 12.7 Å². The lowest BCUT2D eigenvalue weighted by Crippen LogP contribution is -2.52. The van der Waals surface area contributed by atoms with Crippen molar-refractivity contribution in [1.82, 2.24) is 9.21 Å². The van der Waals surface area contributed by atoms with E-state index in [4.69, 9.17) is 0 Å². The minimum absolute atomic E-state index is 0.194. The fourth-order valence-corrected chi connectivity index (χ4v) is 4.76. The zero-order chi connectivity index (χ0) is 15.8. The average Bonchev–Trinajstić information content (AvgIpc) is 2.86. The van der Waals surface area contributed by atoms with Gasteiger partial charge < -0.3 is 5.11 Å². The maximum Gasteiger partial charge on any atom is 0.320 e. The molecule has 0 bridgehead atoms. The normalized spacial score (nSPS) is 27.1. The Balaban J connectivity index is 1.99. The molecule has 122 valence electrons. The van der Waals surface area contributed by atoms with E-state index in [0.29, 0.717) is 19.5 Å². The second-order valence-electron chi connectivity index (χ2n) is 6.98. The molecule has 0 aromatic heterocycles. The van der Waals surface area contributed by atoms with Crippen LogP contribution in [-0.2, 0) is 14.8 Å². The minimum Gasteiger partial charge on any atom is -0.480 e. The van der Waals surface area contributed by atoms with Gasteiger partial charge in [0, 0.05) is 19.1 Å². The van der Waals surface area contributed by atoms with Crippen molar-refractivity contribution in [3.8, 4) is 0 Å². The molecule has 7 heteroatoms. The van der Waals surface area contributed by atoms with Crippen LogP contribution in [0.2, 0.25) is 0 Å². The number of carboxylic acids is 1. The number of hydrogen-bond acceptors (Lipinski definition) is 4. The van der Waals surface area contributed by atoms with Crippen LogP contribution in [0.4, 0.5) is 0 Å². The average molecular weight is 318 g/mol. The van der Waals surface area contributed by atoms with Crippen molar-refractivity contribution in [3.05, 3.63) is 0 Å². The Morgan fingerprint density at radius 3 is 2.14 bits per heavy atom. The number of aliphatic carboxylic acids is 1. The summed E-state index contributed by atoms with van der Waals surface area (Å²) in [7, 11) is -3.28. The van der Waals surface area contributed by atoms with Crippen molar-refractivity contribution in [2.75, 3.05) is 19.6 Å². The second kappa shape index (κ2) is 5.85. The number of hydrogen-bond donors (Lipinski definition) is 1. The lowest BCUT2D eigenvalue weighted by atomic mass is 10.0. The fraction of sp³-hybridized carbons (Fsp3) is 0.929. The first-order valence-electron chi connectivity index (χ1n) is 7.63. The Kier molecular flexibility index (Phi) is 4.66. The summed E-state index contributed by atoms with van der Waals surface area (Å²) in [6, 6.07) is -0.194. The Bertz CT molecular complexity index is 490. The van der Waals surface area contributed by atoms with Gasteiger partial charge in [0.25, 0.3) is 0 Å². The van der Waals surface area contributed by atoms with Crippen LogP contribution >= 0.6 is 0 Å². The van der Waals surface area contributed by atoms with Gasteiger partial charge in [-0.2, -0.15) is 0 Å². The Morgan fingerprint density at radius 2 is 1.67 bits per heavy atom. The molecule has 2 rings (SSSR count). The summed E-state index contributed by atoms with van der Waals surface area (Å²) in [6.07, 6.45) is 3.06. The number of likely N-dealkylation sites (tertiary alicyclic amines) is 1. The topological polar surface area (TPSA) is 77.9 Å². The number of nitrogens with zero attached hydrogens (tertiary/aromatic N) is 2.